The third-order valence-electron chi connectivity index (χ3n) is 4.97. The van der Waals surface area contributed by atoms with Crippen molar-refractivity contribution in [1.29, 1.82) is 0 Å². The molecule has 0 unspecified atom stereocenters. The fourth-order valence-electron chi connectivity index (χ4n) is 3.95. The van der Waals surface area contributed by atoms with E-state index in [-0.39, 0.29) is 0 Å². The molecule has 0 aromatic carbocycles. The molecule has 21 heavy (non-hydrogen) atoms. The van der Waals surface area contributed by atoms with Crippen LogP contribution >= 0.6 is 23.5 Å². The van der Waals surface area contributed by atoms with Crippen LogP contribution in [0.2, 0.25) is 0 Å². The standard InChI is InChI=1S/C16H30N2OS2/c1-13-9-18(10-14(2)19-13)15-3-5-17(6-4-15)16-11-20-7-8-21-12-16/h13-16H,3-12H2,1-2H3/t13-,14+. The number of hydrogen-bond acceptors (Lipinski definition) is 5. The van der Waals surface area contributed by atoms with E-state index in [9.17, 15) is 0 Å². The first kappa shape index (κ1) is 16.4. The summed E-state index contributed by atoms with van der Waals surface area (Å²) >= 11 is 4.31. The second-order valence-electron chi connectivity index (χ2n) is 6.78. The number of rotatable bonds is 2. The largest absolute Gasteiger partial charge is 0.373 e. The Morgan fingerprint density at radius 3 is 1.95 bits per heavy atom. The molecule has 0 saturated carbocycles. The van der Waals surface area contributed by atoms with Gasteiger partial charge >= 0.3 is 0 Å². The van der Waals surface area contributed by atoms with Gasteiger partial charge in [0.1, 0.15) is 0 Å². The van der Waals surface area contributed by atoms with Gasteiger partial charge in [0.05, 0.1) is 12.2 Å². The van der Waals surface area contributed by atoms with Crippen molar-refractivity contribution < 1.29 is 4.74 Å². The molecular weight excluding hydrogens is 300 g/mol. The summed E-state index contributed by atoms with van der Waals surface area (Å²) in [5, 5.41) is 0. The Morgan fingerprint density at radius 1 is 0.810 bits per heavy atom. The Kier molecular flexibility index (Phi) is 6.19. The molecule has 0 spiro atoms. The summed E-state index contributed by atoms with van der Waals surface area (Å²) in [5.74, 6) is 5.40. The van der Waals surface area contributed by atoms with Crippen molar-refractivity contribution in [3.8, 4) is 0 Å². The molecule has 3 aliphatic heterocycles. The quantitative estimate of drug-likeness (QED) is 0.770. The molecule has 0 bridgehead atoms. The number of morpholine rings is 1. The number of piperidine rings is 1. The lowest BCUT2D eigenvalue weighted by Gasteiger charge is -2.45. The Morgan fingerprint density at radius 2 is 1.38 bits per heavy atom. The Balaban J connectivity index is 1.48. The van der Waals surface area contributed by atoms with Crippen molar-refractivity contribution in [2.24, 2.45) is 0 Å². The van der Waals surface area contributed by atoms with Crippen LogP contribution in [-0.2, 0) is 4.74 Å². The molecule has 2 atom stereocenters. The van der Waals surface area contributed by atoms with E-state index in [1.165, 1.54) is 48.9 Å². The highest BCUT2D eigenvalue weighted by Gasteiger charge is 2.32. The molecule has 3 fully saturated rings. The summed E-state index contributed by atoms with van der Waals surface area (Å²) in [6.07, 6.45) is 3.51. The topological polar surface area (TPSA) is 15.7 Å². The smallest absolute Gasteiger partial charge is 0.0678 e. The summed E-state index contributed by atoms with van der Waals surface area (Å²) in [6, 6.07) is 1.62. The van der Waals surface area contributed by atoms with Gasteiger partial charge in [0.2, 0.25) is 0 Å². The molecule has 0 radical (unpaired) electrons. The van der Waals surface area contributed by atoms with Crippen LogP contribution < -0.4 is 0 Å². The zero-order chi connectivity index (χ0) is 14.7. The Bertz CT molecular complexity index is 305. The second kappa shape index (κ2) is 7.91. The minimum Gasteiger partial charge on any atom is -0.373 e. The van der Waals surface area contributed by atoms with Gasteiger partial charge in [-0.25, -0.2) is 0 Å². The lowest BCUT2D eigenvalue weighted by Crippen LogP contribution is -2.54. The summed E-state index contributed by atoms with van der Waals surface area (Å²) in [6.45, 7) is 9.30. The monoisotopic (exact) mass is 330 g/mol. The maximum atomic E-state index is 5.88. The maximum Gasteiger partial charge on any atom is 0.0678 e. The summed E-state index contributed by atoms with van der Waals surface area (Å²) < 4.78 is 5.88. The summed E-state index contributed by atoms with van der Waals surface area (Å²) in [7, 11) is 0. The number of likely N-dealkylation sites (tertiary alicyclic amines) is 1. The first-order valence-corrected chi connectivity index (χ1v) is 10.8. The lowest BCUT2D eigenvalue weighted by molar-refractivity contribution is -0.0869. The predicted molar refractivity (Wildman–Crippen MR) is 94.6 cm³/mol. The van der Waals surface area contributed by atoms with Crippen molar-refractivity contribution in [2.45, 2.75) is 51.0 Å². The van der Waals surface area contributed by atoms with E-state index in [0.29, 0.717) is 12.2 Å². The zero-order valence-electron chi connectivity index (χ0n) is 13.5. The van der Waals surface area contributed by atoms with Gasteiger partial charge in [-0.1, -0.05) is 0 Å². The maximum absolute atomic E-state index is 5.88. The van der Waals surface area contributed by atoms with Crippen LogP contribution in [0.3, 0.4) is 0 Å². The molecule has 0 amide bonds. The molecule has 3 aliphatic rings. The third-order valence-corrected chi connectivity index (χ3v) is 7.46. The zero-order valence-corrected chi connectivity index (χ0v) is 15.1. The van der Waals surface area contributed by atoms with Crippen LogP contribution in [0.1, 0.15) is 26.7 Å². The molecule has 0 aliphatic carbocycles. The minimum atomic E-state index is 0.404. The second-order valence-corrected chi connectivity index (χ2v) is 9.08. The van der Waals surface area contributed by atoms with Gasteiger partial charge in [-0.15, -0.1) is 0 Å². The number of nitrogens with zero attached hydrogens (tertiary/aromatic N) is 2. The molecule has 0 aromatic heterocycles. The highest BCUT2D eigenvalue weighted by atomic mass is 32.2. The van der Waals surface area contributed by atoms with Crippen molar-refractivity contribution >= 4 is 23.5 Å². The van der Waals surface area contributed by atoms with Crippen molar-refractivity contribution in [3.63, 3.8) is 0 Å². The van der Waals surface area contributed by atoms with E-state index in [2.05, 4.69) is 47.2 Å². The van der Waals surface area contributed by atoms with Gasteiger partial charge in [-0.3, -0.25) is 9.80 Å². The van der Waals surface area contributed by atoms with Crippen LogP contribution in [0.4, 0.5) is 0 Å². The molecule has 0 aromatic rings. The number of thioether (sulfide) groups is 2. The molecule has 3 rings (SSSR count). The molecule has 122 valence electrons. The highest BCUT2D eigenvalue weighted by Crippen LogP contribution is 2.26. The van der Waals surface area contributed by atoms with Gasteiger partial charge in [0, 0.05) is 48.2 Å². The fraction of sp³-hybridized carbons (Fsp3) is 1.00. The van der Waals surface area contributed by atoms with Crippen LogP contribution in [0.5, 0.6) is 0 Å². The van der Waals surface area contributed by atoms with Crippen molar-refractivity contribution in [2.75, 3.05) is 49.2 Å². The highest BCUT2D eigenvalue weighted by molar-refractivity contribution is 8.03. The summed E-state index contributed by atoms with van der Waals surface area (Å²) in [5.41, 5.74) is 0. The van der Waals surface area contributed by atoms with Crippen molar-refractivity contribution in [3.05, 3.63) is 0 Å². The van der Waals surface area contributed by atoms with E-state index in [0.717, 1.165) is 25.2 Å². The van der Waals surface area contributed by atoms with E-state index < -0.39 is 0 Å². The molecule has 3 nitrogen and oxygen atoms in total. The number of hydrogen-bond donors (Lipinski definition) is 0. The molecule has 0 N–H and O–H groups in total. The Hall–Kier alpha value is 0.580. The van der Waals surface area contributed by atoms with Crippen LogP contribution in [0, 0.1) is 0 Å². The fourth-order valence-corrected chi connectivity index (χ4v) is 6.57. The molecule has 3 heterocycles. The van der Waals surface area contributed by atoms with Crippen LogP contribution in [-0.4, -0.2) is 83.3 Å². The Labute approximate surface area is 138 Å². The molecule has 5 heteroatoms. The predicted octanol–water partition coefficient (Wildman–Crippen LogP) is 2.41. The van der Waals surface area contributed by atoms with E-state index >= 15 is 0 Å². The van der Waals surface area contributed by atoms with E-state index in [1.807, 2.05) is 0 Å². The van der Waals surface area contributed by atoms with Gasteiger partial charge in [0.15, 0.2) is 0 Å². The number of ether oxygens (including phenoxy) is 1. The van der Waals surface area contributed by atoms with Crippen LogP contribution in [0.25, 0.3) is 0 Å². The van der Waals surface area contributed by atoms with E-state index in [1.54, 1.807) is 0 Å². The van der Waals surface area contributed by atoms with Crippen LogP contribution in [0.15, 0.2) is 0 Å². The first-order valence-electron chi connectivity index (χ1n) is 8.51. The minimum absolute atomic E-state index is 0.404. The van der Waals surface area contributed by atoms with Gasteiger partial charge in [0.25, 0.3) is 0 Å². The SMILES string of the molecule is C[C@@H]1CN(C2CCN(C3CSCCSC3)CC2)C[C@H](C)O1. The summed E-state index contributed by atoms with van der Waals surface area (Å²) in [4.78, 5) is 5.47. The third kappa shape index (κ3) is 4.54. The molecular formula is C16H30N2OS2. The van der Waals surface area contributed by atoms with Crippen molar-refractivity contribution in [1.82, 2.24) is 9.80 Å². The van der Waals surface area contributed by atoms with E-state index in [4.69, 9.17) is 4.74 Å². The molecule has 3 saturated heterocycles. The lowest BCUT2D eigenvalue weighted by atomic mass is 10.0. The van der Waals surface area contributed by atoms with Gasteiger partial charge in [-0.05, 0) is 39.8 Å². The average molecular weight is 331 g/mol. The van der Waals surface area contributed by atoms with Gasteiger partial charge in [-0.2, -0.15) is 23.5 Å². The van der Waals surface area contributed by atoms with Gasteiger partial charge < -0.3 is 4.74 Å². The average Bonchev–Trinajstić information content (AvgIpc) is 2.75. The first-order chi connectivity index (χ1) is 10.2. The normalized spacial score (nSPS) is 35.7.